The van der Waals surface area contributed by atoms with Crippen LogP contribution in [-0.2, 0) is 6.54 Å². The highest BCUT2D eigenvalue weighted by Crippen LogP contribution is 2.30. The first-order valence-corrected chi connectivity index (χ1v) is 7.77. The Morgan fingerprint density at radius 3 is 2.91 bits per heavy atom. The summed E-state index contributed by atoms with van der Waals surface area (Å²) in [6.07, 6.45) is 1.98. The van der Waals surface area contributed by atoms with E-state index in [1.165, 1.54) is 11.1 Å². The van der Waals surface area contributed by atoms with E-state index in [1.54, 1.807) is 7.11 Å². The zero-order chi connectivity index (χ0) is 15.4. The molecule has 3 rings (SSSR count). The van der Waals surface area contributed by atoms with E-state index < -0.39 is 0 Å². The van der Waals surface area contributed by atoms with E-state index in [1.807, 2.05) is 25.3 Å². The van der Waals surface area contributed by atoms with Gasteiger partial charge in [0, 0.05) is 43.6 Å². The molecule has 2 heterocycles. The van der Waals surface area contributed by atoms with Crippen molar-refractivity contribution >= 4 is 0 Å². The smallest absolute Gasteiger partial charge is 0.123 e. The molecule has 0 spiro atoms. The second-order valence-corrected chi connectivity index (χ2v) is 5.74. The molecule has 1 unspecified atom stereocenters. The topological polar surface area (TPSA) is 37.4 Å². The van der Waals surface area contributed by atoms with Crippen LogP contribution in [0.5, 0.6) is 5.75 Å². The van der Waals surface area contributed by atoms with Gasteiger partial charge in [0.05, 0.1) is 13.2 Å². The number of hydrogen-bond donors (Lipinski definition) is 1. The molecule has 0 amide bonds. The highest BCUT2D eigenvalue weighted by molar-refractivity contribution is 5.36. The lowest BCUT2D eigenvalue weighted by Gasteiger charge is -2.37. The van der Waals surface area contributed by atoms with Crippen molar-refractivity contribution in [3.63, 3.8) is 0 Å². The molecule has 0 saturated carbocycles. The zero-order valence-electron chi connectivity index (χ0n) is 13.2. The maximum absolute atomic E-state index is 5.55. The second-order valence-electron chi connectivity index (χ2n) is 5.74. The van der Waals surface area contributed by atoms with Gasteiger partial charge >= 0.3 is 0 Å². The Morgan fingerprint density at radius 1 is 1.27 bits per heavy atom. The largest absolute Gasteiger partial charge is 0.496 e. The van der Waals surface area contributed by atoms with Crippen LogP contribution in [0.15, 0.2) is 42.6 Å². The summed E-state index contributed by atoms with van der Waals surface area (Å²) in [6.45, 7) is 5.92. The molecule has 1 aliphatic heterocycles. The van der Waals surface area contributed by atoms with Crippen molar-refractivity contribution in [3.8, 4) is 5.75 Å². The quantitative estimate of drug-likeness (QED) is 0.941. The van der Waals surface area contributed by atoms with Crippen LogP contribution >= 0.6 is 0 Å². The molecule has 1 aliphatic rings. The van der Waals surface area contributed by atoms with E-state index in [9.17, 15) is 0 Å². The van der Waals surface area contributed by atoms with Crippen LogP contribution in [0.4, 0.5) is 0 Å². The van der Waals surface area contributed by atoms with Crippen LogP contribution in [-0.4, -0.2) is 36.6 Å². The SMILES string of the molecule is COc1ccccc1C1CNCCN1Cc1ccc(C)nc1. The Hall–Kier alpha value is -1.91. The second kappa shape index (κ2) is 6.90. The fourth-order valence-corrected chi connectivity index (χ4v) is 3.01. The van der Waals surface area contributed by atoms with Crippen LogP contribution in [0.3, 0.4) is 0 Å². The summed E-state index contributed by atoms with van der Waals surface area (Å²) in [4.78, 5) is 6.91. The fourth-order valence-electron chi connectivity index (χ4n) is 3.01. The number of benzene rings is 1. The van der Waals surface area contributed by atoms with Gasteiger partial charge in [-0.05, 0) is 24.6 Å². The van der Waals surface area contributed by atoms with Crippen molar-refractivity contribution in [2.45, 2.75) is 19.5 Å². The molecule has 1 N–H and O–H groups in total. The number of aromatic nitrogens is 1. The van der Waals surface area contributed by atoms with E-state index >= 15 is 0 Å². The van der Waals surface area contributed by atoms with Crippen LogP contribution in [0.1, 0.15) is 22.9 Å². The minimum absolute atomic E-state index is 0.325. The molecule has 4 nitrogen and oxygen atoms in total. The van der Waals surface area contributed by atoms with Gasteiger partial charge in [0.25, 0.3) is 0 Å². The molecule has 1 aromatic carbocycles. The van der Waals surface area contributed by atoms with E-state index in [-0.39, 0.29) is 0 Å². The predicted octanol–water partition coefficient (Wildman–Crippen LogP) is 2.55. The van der Waals surface area contributed by atoms with Gasteiger partial charge < -0.3 is 10.1 Å². The van der Waals surface area contributed by atoms with Crippen molar-refractivity contribution in [1.82, 2.24) is 15.2 Å². The maximum Gasteiger partial charge on any atom is 0.123 e. The lowest BCUT2D eigenvalue weighted by atomic mass is 10.0. The average molecular weight is 297 g/mol. The lowest BCUT2D eigenvalue weighted by molar-refractivity contribution is 0.151. The normalized spacial score (nSPS) is 19.1. The number of aryl methyl sites for hydroxylation is 1. The molecule has 116 valence electrons. The Bertz CT molecular complexity index is 612. The summed E-state index contributed by atoms with van der Waals surface area (Å²) < 4.78 is 5.55. The van der Waals surface area contributed by atoms with Crippen molar-refractivity contribution in [1.29, 1.82) is 0 Å². The third-order valence-electron chi connectivity index (χ3n) is 4.21. The summed E-state index contributed by atoms with van der Waals surface area (Å²) in [5.41, 5.74) is 3.56. The van der Waals surface area contributed by atoms with Crippen molar-refractivity contribution in [2.75, 3.05) is 26.7 Å². The number of nitrogens with zero attached hydrogens (tertiary/aromatic N) is 2. The minimum atomic E-state index is 0.325. The van der Waals surface area contributed by atoms with Gasteiger partial charge in [-0.2, -0.15) is 0 Å². The van der Waals surface area contributed by atoms with Gasteiger partial charge in [0.1, 0.15) is 5.75 Å². The molecule has 1 atom stereocenters. The van der Waals surface area contributed by atoms with E-state index in [4.69, 9.17) is 4.74 Å². The lowest BCUT2D eigenvalue weighted by Crippen LogP contribution is -2.45. The third-order valence-corrected chi connectivity index (χ3v) is 4.21. The number of piperazine rings is 1. The summed E-state index contributed by atoms with van der Waals surface area (Å²) in [6, 6.07) is 12.9. The van der Waals surface area contributed by atoms with E-state index in [2.05, 4.69) is 39.5 Å². The Morgan fingerprint density at radius 2 is 2.14 bits per heavy atom. The first-order chi connectivity index (χ1) is 10.8. The Balaban J connectivity index is 1.83. The first-order valence-electron chi connectivity index (χ1n) is 7.77. The molecule has 2 aromatic rings. The molecule has 0 radical (unpaired) electrons. The van der Waals surface area contributed by atoms with Crippen LogP contribution < -0.4 is 10.1 Å². The van der Waals surface area contributed by atoms with Gasteiger partial charge in [-0.1, -0.05) is 24.3 Å². The van der Waals surface area contributed by atoms with Gasteiger partial charge in [-0.3, -0.25) is 9.88 Å². The molecular formula is C18H23N3O. The highest BCUT2D eigenvalue weighted by Gasteiger charge is 2.26. The summed E-state index contributed by atoms with van der Waals surface area (Å²) in [5, 5.41) is 3.50. The van der Waals surface area contributed by atoms with Crippen LogP contribution in [0.25, 0.3) is 0 Å². The fraction of sp³-hybridized carbons (Fsp3) is 0.389. The van der Waals surface area contributed by atoms with E-state index in [0.29, 0.717) is 6.04 Å². The summed E-state index contributed by atoms with van der Waals surface area (Å²) in [7, 11) is 1.74. The number of pyridine rings is 1. The van der Waals surface area contributed by atoms with E-state index in [0.717, 1.165) is 37.6 Å². The summed E-state index contributed by atoms with van der Waals surface area (Å²) >= 11 is 0. The number of methoxy groups -OCH3 is 1. The molecule has 0 aliphatic carbocycles. The predicted molar refractivity (Wildman–Crippen MR) is 88.0 cm³/mol. The van der Waals surface area contributed by atoms with Gasteiger partial charge in [-0.25, -0.2) is 0 Å². The molecule has 1 fully saturated rings. The van der Waals surface area contributed by atoms with Crippen molar-refractivity contribution in [2.24, 2.45) is 0 Å². The number of nitrogens with one attached hydrogen (secondary N) is 1. The van der Waals surface area contributed by atoms with Gasteiger partial charge in [-0.15, -0.1) is 0 Å². The van der Waals surface area contributed by atoms with Crippen molar-refractivity contribution in [3.05, 3.63) is 59.4 Å². The van der Waals surface area contributed by atoms with Gasteiger partial charge in [0.2, 0.25) is 0 Å². The molecule has 1 saturated heterocycles. The Kier molecular flexibility index (Phi) is 4.71. The maximum atomic E-state index is 5.55. The highest BCUT2D eigenvalue weighted by atomic mass is 16.5. The first kappa shape index (κ1) is 15.0. The molecule has 4 heteroatoms. The average Bonchev–Trinajstić information content (AvgIpc) is 2.57. The molecule has 22 heavy (non-hydrogen) atoms. The third kappa shape index (κ3) is 3.29. The Labute approximate surface area is 132 Å². The standard InChI is InChI=1S/C18H23N3O/c1-14-7-8-15(11-20-14)13-21-10-9-19-12-17(21)16-5-3-4-6-18(16)22-2/h3-8,11,17,19H,9-10,12-13H2,1-2H3. The molecule has 0 bridgehead atoms. The minimum Gasteiger partial charge on any atom is -0.496 e. The van der Waals surface area contributed by atoms with Crippen LogP contribution in [0.2, 0.25) is 0 Å². The molecular weight excluding hydrogens is 274 g/mol. The molecule has 1 aromatic heterocycles. The monoisotopic (exact) mass is 297 g/mol. The zero-order valence-corrected chi connectivity index (χ0v) is 13.2. The number of ether oxygens (including phenoxy) is 1. The number of para-hydroxylation sites is 1. The number of hydrogen-bond acceptors (Lipinski definition) is 4. The van der Waals surface area contributed by atoms with Crippen LogP contribution in [0, 0.1) is 6.92 Å². The van der Waals surface area contributed by atoms with Crippen molar-refractivity contribution < 1.29 is 4.74 Å². The summed E-state index contributed by atoms with van der Waals surface area (Å²) in [5.74, 6) is 0.961. The number of rotatable bonds is 4. The van der Waals surface area contributed by atoms with Gasteiger partial charge in [0.15, 0.2) is 0 Å².